The van der Waals surface area contributed by atoms with Crippen LogP contribution in [0.1, 0.15) is 21.5 Å². The van der Waals surface area contributed by atoms with Crippen LogP contribution in [0.3, 0.4) is 0 Å². The number of aldehydes is 1. The second-order valence-corrected chi connectivity index (χ2v) is 5.36. The van der Waals surface area contributed by atoms with E-state index in [4.69, 9.17) is 0 Å². The second-order valence-electron chi connectivity index (χ2n) is 3.34. The van der Waals surface area contributed by atoms with Crippen LogP contribution in [0.2, 0.25) is 0 Å². The minimum atomic E-state index is -3.23. The van der Waals surface area contributed by atoms with Gasteiger partial charge in [-0.15, -0.1) is 0 Å². The van der Waals surface area contributed by atoms with E-state index in [1.54, 1.807) is 19.9 Å². The highest BCUT2D eigenvalue weighted by Gasteiger charge is 2.11. The van der Waals surface area contributed by atoms with E-state index in [0.29, 0.717) is 11.8 Å². The van der Waals surface area contributed by atoms with Crippen LogP contribution in [0, 0.1) is 13.8 Å². The predicted octanol–water partition coefficient (Wildman–Crippen LogP) is 1.52. The summed E-state index contributed by atoms with van der Waals surface area (Å²) >= 11 is 0. The Bertz CT molecular complexity index is 472. The molecule has 0 aliphatic carbocycles. The van der Waals surface area contributed by atoms with Gasteiger partial charge in [0.15, 0.2) is 9.84 Å². The van der Waals surface area contributed by atoms with Crippen molar-refractivity contribution in [3.63, 3.8) is 0 Å². The van der Waals surface area contributed by atoms with Crippen LogP contribution in [0.25, 0.3) is 0 Å². The zero-order chi connectivity index (χ0) is 10.9. The molecule has 0 heterocycles. The molecule has 0 amide bonds. The van der Waals surface area contributed by atoms with E-state index in [0.717, 1.165) is 17.4 Å². The summed E-state index contributed by atoms with van der Waals surface area (Å²) in [6, 6.07) is 2.99. The molecule has 0 N–H and O–H groups in total. The van der Waals surface area contributed by atoms with E-state index >= 15 is 0 Å². The molecule has 0 bridgehead atoms. The molecule has 0 unspecified atom stereocenters. The summed E-state index contributed by atoms with van der Waals surface area (Å²) in [5.74, 6) is 0. The number of rotatable bonds is 2. The number of carbonyl (C=O) groups is 1. The molecular formula is C10H12O3S. The van der Waals surface area contributed by atoms with Crippen molar-refractivity contribution in [1.82, 2.24) is 0 Å². The molecule has 1 rings (SSSR count). The maximum Gasteiger partial charge on any atom is 0.175 e. The minimum absolute atomic E-state index is 0.197. The lowest BCUT2D eigenvalue weighted by atomic mass is 10.0. The first-order chi connectivity index (χ1) is 6.36. The normalized spacial score (nSPS) is 11.4. The topological polar surface area (TPSA) is 51.2 Å². The van der Waals surface area contributed by atoms with E-state index in [1.165, 1.54) is 6.07 Å². The van der Waals surface area contributed by atoms with Gasteiger partial charge >= 0.3 is 0 Å². The largest absolute Gasteiger partial charge is 0.298 e. The van der Waals surface area contributed by atoms with Crippen molar-refractivity contribution in [2.45, 2.75) is 18.7 Å². The fourth-order valence-corrected chi connectivity index (χ4v) is 1.92. The fourth-order valence-electron chi connectivity index (χ4n) is 1.19. The smallest absolute Gasteiger partial charge is 0.175 e. The van der Waals surface area contributed by atoms with E-state index in [9.17, 15) is 13.2 Å². The molecule has 0 aliphatic rings. The van der Waals surface area contributed by atoms with Crippen molar-refractivity contribution in [2.24, 2.45) is 0 Å². The summed E-state index contributed by atoms with van der Waals surface area (Å²) in [6.45, 7) is 3.59. The van der Waals surface area contributed by atoms with Crippen molar-refractivity contribution >= 4 is 16.1 Å². The molecule has 0 aromatic heterocycles. The second kappa shape index (κ2) is 3.53. The molecule has 0 aliphatic heterocycles. The average Bonchev–Trinajstić information content (AvgIpc) is 2.07. The van der Waals surface area contributed by atoms with Crippen molar-refractivity contribution in [3.05, 3.63) is 28.8 Å². The molecule has 0 radical (unpaired) electrons. The van der Waals surface area contributed by atoms with Gasteiger partial charge < -0.3 is 0 Å². The maximum absolute atomic E-state index is 11.2. The Morgan fingerprint density at radius 2 is 1.79 bits per heavy atom. The number of hydrogen-bond donors (Lipinski definition) is 0. The Kier molecular flexibility index (Phi) is 2.76. The standard InChI is InChI=1S/C10H12O3S/c1-7-4-10(14(3,12)13)5-9(6-11)8(7)2/h4-6H,1-3H3. The number of benzene rings is 1. The molecule has 1 aromatic carbocycles. The van der Waals surface area contributed by atoms with Crippen LogP contribution >= 0.6 is 0 Å². The van der Waals surface area contributed by atoms with Gasteiger partial charge in [-0.3, -0.25) is 4.79 Å². The lowest BCUT2D eigenvalue weighted by Gasteiger charge is -2.06. The van der Waals surface area contributed by atoms with Gasteiger partial charge in [-0.2, -0.15) is 0 Å². The van der Waals surface area contributed by atoms with E-state index in [1.807, 2.05) is 0 Å². The summed E-state index contributed by atoms with van der Waals surface area (Å²) in [5, 5.41) is 0. The Morgan fingerprint density at radius 3 is 2.21 bits per heavy atom. The molecular weight excluding hydrogens is 200 g/mol. The fraction of sp³-hybridized carbons (Fsp3) is 0.300. The van der Waals surface area contributed by atoms with Crippen LogP contribution in [-0.4, -0.2) is 21.0 Å². The number of carbonyl (C=O) groups excluding carboxylic acids is 1. The van der Waals surface area contributed by atoms with Crippen molar-refractivity contribution in [3.8, 4) is 0 Å². The molecule has 3 nitrogen and oxygen atoms in total. The summed E-state index contributed by atoms with van der Waals surface area (Å²) in [6.07, 6.45) is 1.81. The molecule has 0 fully saturated rings. The lowest BCUT2D eigenvalue weighted by molar-refractivity contribution is 0.112. The van der Waals surface area contributed by atoms with Crippen LogP contribution in [-0.2, 0) is 9.84 Å². The molecule has 4 heteroatoms. The van der Waals surface area contributed by atoms with Crippen LogP contribution in [0.15, 0.2) is 17.0 Å². The zero-order valence-electron chi connectivity index (χ0n) is 8.37. The first-order valence-corrected chi connectivity index (χ1v) is 6.02. The molecule has 0 saturated carbocycles. The Labute approximate surface area is 83.7 Å². The third-order valence-electron chi connectivity index (χ3n) is 2.24. The zero-order valence-corrected chi connectivity index (χ0v) is 9.18. The van der Waals surface area contributed by atoms with E-state index in [2.05, 4.69) is 0 Å². The molecule has 0 spiro atoms. The van der Waals surface area contributed by atoms with Gasteiger partial charge in [0.2, 0.25) is 0 Å². The average molecular weight is 212 g/mol. The Balaban J connectivity index is 3.53. The third-order valence-corrected chi connectivity index (χ3v) is 3.33. The SMILES string of the molecule is Cc1cc(S(C)(=O)=O)cc(C=O)c1C. The first kappa shape index (κ1) is 10.9. The van der Waals surface area contributed by atoms with Crippen LogP contribution in [0.5, 0.6) is 0 Å². The molecule has 14 heavy (non-hydrogen) atoms. The highest BCUT2D eigenvalue weighted by atomic mass is 32.2. The predicted molar refractivity (Wildman–Crippen MR) is 54.4 cm³/mol. The van der Waals surface area contributed by atoms with Gasteiger partial charge in [-0.1, -0.05) is 0 Å². The van der Waals surface area contributed by atoms with Crippen LogP contribution < -0.4 is 0 Å². The number of aryl methyl sites for hydroxylation is 1. The van der Waals surface area contributed by atoms with Crippen molar-refractivity contribution in [2.75, 3.05) is 6.26 Å². The minimum Gasteiger partial charge on any atom is -0.298 e. The summed E-state index contributed by atoms with van der Waals surface area (Å²) in [4.78, 5) is 10.9. The van der Waals surface area contributed by atoms with Crippen molar-refractivity contribution in [1.29, 1.82) is 0 Å². The monoisotopic (exact) mass is 212 g/mol. The Morgan fingerprint density at radius 1 is 1.21 bits per heavy atom. The quantitative estimate of drug-likeness (QED) is 0.698. The maximum atomic E-state index is 11.2. The van der Waals surface area contributed by atoms with Crippen LogP contribution in [0.4, 0.5) is 0 Å². The number of hydrogen-bond acceptors (Lipinski definition) is 3. The van der Waals surface area contributed by atoms with Gasteiger partial charge in [0, 0.05) is 11.8 Å². The van der Waals surface area contributed by atoms with Gasteiger partial charge in [0.1, 0.15) is 6.29 Å². The summed E-state index contributed by atoms with van der Waals surface area (Å²) in [5.41, 5.74) is 2.08. The Hall–Kier alpha value is -1.16. The third kappa shape index (κ3) is 2.01. The van der Waals surface area contributed by atoms with Crippen molar-refractivity contribution < 1.29 is 13.2 Å². The summed E-state index contributed by atoms with van der Waals surface area (Å²) in [7, 11) is -3.23. The highest BCUT2D eigenvalue weighted by Crippen LogP contribution is 2.18. The molecule has 76 valence electrons. The van der Waals surface area contributed by atoms with Gasteiger partial charge in [0.25, 0.3) is 0 Å². The van der Waals surface area contributed by atoms with Gasteiger partial charge in [0.05, 0.1) is 4.90 Å². The molecule has 1 aromatic rings. The van der Waals surface area contributed by atoms with E-state index in [-0.39, 0.29) is 4.90 Å². The first-order valence-electron chi connectivity index (χ1n) is 4.12. The lowest BCUT2D eigenvalue weighted by Crippen LogP contribution is -2.01. The highest BCUT2D eigenvalue weighted by molar-refractivity contribution is 7.90. The molecule has 0 saturated heterocycles. The van der Waals surface area contributed by atoms with E-state index < -0.39 is 9.84 Å². The number of sulfone groups is 1. The summed E-state index contributed by atoms with van der Waals surface area (Å²) < 4.78 is 22.5. The van der Waals surface area contributed by atoms with Gasteiger partial charge in [-0.05, 0) is 37.1 Å². The molecule has 0 atom stereocenters. The van der Waals surface area contributed by atoms with Gasteiger partial charge in [-0.25, -0.2) is 8.42 Å².